The van der Waals surface area contributed by atoms with Crippen molar-refractivity contribution in [2.75, 3.05) is 37.6 Å². The van der Waals surface area contributed by atoms with E-state index in [0.717, 1.165) is 18.2 Å². The van der Waals surface area contributed by atoms with Crippen LogP contribution in [0.5, 0.6) is 0 Å². The minimum Gasteiger partial charge on any atom is -0.481 e. The number of rotatable bonds is 7. The number of hydrogen-bond acceptors (Lipinski definition) is 5. The molecule has 6 heteroatoms. The van der Waals surface area contributed by atoms with E-state index in [2.05, 4.69) is 14.8 Å². The highest BCUT2D eigenvalue weighted by atomic mass is 32.1. The minimum atomic E-state index is -0.752. The van der Waals surface area contributed by atoms with Crippen molar-refractivity contribution in [1.29, 1.82) is 0 Å². The van der Waals surface area contributed by atoms with E-state index in [1.165, 1.54) is 25.9 Å². The van der Waals surface area contributed by atoms with E-state index < -0.39 is 5.97 Å². The summed E-state index contributed by atoms with van der Waals surface area (Å²) in [5.41, 5.74) is 0. The summed E-state index contributed by atoms with van der Waals surface area (Å²) in [5, 5.41) is 11.6. The van der Waals surface area contributed by atoms with Crippen molar-refractivity contribution in [2.45, 2.75) is 19.3 Å². The second-order valence-corrected chi connectivity index (χ2v) is 5.37. The molecule has 1 saturated heterocycles. The highest BCUT2D eigenvalue weighted by Gasteiger charge is 2.15. The van der Waals surface area contributed by atoms with Crippen LogP contribution in [0.15, 0.2) is 11.6 Å². The molecule has 1 aliphatic rings. The molecule has 0 saturated carbocycles. The molecule has 0 unspecified atom stereocenters. The number of hydrogen-bond donors (Lipinski definition) is 1. The first-order valence-electron chi connectivity index (χ1n) is 6.34. The molecule has 1 N–H and O–H groups in total. The molecule has 2 heterocycles. The number of aliphatic carboxylic acids is 1. The van der Waals surface area contributed by atoms with Crippen LogP contribution in [0.25, 0.3) is 0 Å². The minimum absolute atomic E-state index is 0.166. The Kier molecular flexibility index (Phi) is 4.95. The molecule has 1 aliphatic heterocycles. The summed E-state index contributed by atoms with van der Waals surface area (Å²) in [4.78, 5) is 19.5. The molecule has 0 radical (unpaired) electrons. The van der Waals surface area contributed by atoms with E-state index in [4.69, 9.17) is 5.11 Å². The van der Waals surface area contributed by atoms with Gasteiger partial charge in [-0.2, -0.15) is 0 Å². The Hall–Kier alpha value is -1.14. The molecule has 100 valence electrons. The number of thiazole rings is 1. The maximum Gasteiger partial charge on any atom is 0.305 e. The highest BCUT2D eigenvalue weighted by Crippen LogP contribution is 2.18. The number of carboxylic acid groups (broad SMARTS) is 1. The number of nitrogens with zero attached hydrogens (tertiary/aromatic N) is 3. The van der Waals surface area contributed by atoms with Crippen LogP contribution in [0.2, 0.25) is 0 Å². The van der Waals surface area contributed by atoms with Gasteiger partial charge in [-0.05, 0) is 25.9 Å². The molecule has 0 aromatic carbocycles. The van der Waals surface area contributed by atoms with E-state index in [9.17, 15) is 4.79 Å². The van der Waals surface area contributed by atoms with Gasteiger partial charge in [0.1, 0.15) is 0 Å². The largest absolute Gasteiger partial charge is 0.481 e. The fourth-order valence-electron chi connectivity index (χ4n) is 2.17. The molecule has 1 aromatic heterocycles. The fourth-order valence-corrected chi connectivity index (χ4v) is 2.87. The maximum atomic E-state index is 10.7. The predicted octanol–water partition coefficient (Wildman–Crippen LogP) is 1.52. The zero-order chi connectivity index (χ0) is 12.8. The van der Waals surface area contributed by atoms with Crippen LogP contribution < -0.4 is 4.90 Å². The lowest BCUT2D eigenvalue weighted by Gasteiger charge is -2.24. The molecular weight excluding hydrogens is 250 g/mol. The number of carboxylic acids is 1. The van der Waals surface area contributed by atoms with E-state index in [-0.39, 0.29) is 6.42 Å². The Labute approximate surface area is 111 Å². The summed E-state index contributed by atoms with van der Waals surface area (Å²) in [6, 6.07) is 0. The number of aromatic nitrogens is 1. The predicted molar refractivity (Wildman–Crippen MR) is 72.3 cm³/mol. The molecular formula is C12H19N3O2S. The maximum absolute atomic E-state index is 10.7. The van der Waals surface area contributed by atoms with Crippen molar-refractivity contribution >= 4 is 22.4 Å². The third-order valence-electron chi connectivity index (χ3n) is 3.17. The lowest BCUT2D eigenvalue weighted by Crippen LogP contribution is -2.35. The quantitative estimate of drug-likeness (QED) is 0.813. The van der Waals surface area contributed by atoms with Gasteiger partial charge in [0.05, 0.1) is 6.42 Å². The van der Waals surface area contributed by atoms with Gasteiger partial charge in [0.25, 0.3) is 0 Å². The molecule has 1 fully saturated rings. The van der Waals surface area contributed by atoms with Crippen molar-refractivity contribution in [3.05, 3.63) is 11.6 Å². The van der Waals surface area contributed by atoms with Crippen LogP contribution in [0.4, 0.5) is 5.13 Å². The first-order valence-corrected chi connectivity index (χ1v) is 7.22. The molecule has 1 aromatic rings. The van der Waals surface area contributed by atoms with Crippen LogP contribution >= 0.6 is 11.3 Å². The van der Waals surface area contributed by atoms with Crippen LogP contribution in [-0.4, -0.2) is 53.7 Å². The molecule has 0 bridgehead atoms. The van der Waals surface area contributed by atoms with Crippen LogP contribution in [-0.2, 0) is 4.79 Å². The van der Waals surface area contributed by atoms with Gasteiger partial charge in [-0.15, -0.1) is 11.3 Å². The van der Waals surface area contributed by atoms with Gasteiger partial charge in [-0.3, -0.25) is 4.79 Å². The van der Waals surface area contributed by atoms with Gasteiger partial charge in [0, 0.05) is 31.2 Å². The lowest BCUT2D eigenvalue weighted by atomic mass is 10.4. The Morgan fingerprint density at radius 2 is 2.22 bits per heavy atom. The molecule has 0 amide bonds. The third kappa shape index (κ3) is 3.96. The van der Waals surface area contributed by atoms with E-state index in [1.807, 2.05) is 5.38 Å². The fraction of sp³-hybridized carbons (Fsp3) is 0.667. The standard InChI is InChI=1S/C12H19N3O2S/c16-11(17)3-7-15(12-13-4-10-18-12)9-8-14-5-1-2-6-14/h4,10H,1-3,5-9H2,(H,16,17). The van der Waals surface area contributed by atoms with Crippen molar-refractivity contribution in [3.63, 3.8) is 0 Å². The molecule has 5 nitrogen and oxygen atoms in total. The van der Waals surface area contributed by atoms with E-state index in [0.29, 0.717) is 6.54 Å². The Bertz CT molecular complexity index is 363. The molecule has 2 rings (SSSR count). The lowest BCUT2D eigenvalue weighted by molar-refractivity contribution is -0.136. The Balaban J connectivity index is 1.85. The summed E-state index contributed by atoms with van der Waals surface area (Å²) >= 11 is 1.57. The molecule has 0 aliphatic carbocycles. The van der Waals surface area contributed by atoms with Gasteiger partial charge in [0.2, 0.25) is 0 Å². The number of carbonyl (C=O) groups is 1. The van der Waals surface area contributed by atoms with Crippen molar-refractivity contribution in [3.8, 4) is 0 Å². The average Bonchev–Trinajstić information content (AvgIpc) is 3.01. The third-order valence-corrected chi connectivity index (χ3v) is 4.00. The molecule has 0 spiro atoms. The van der Waals surface area contributed by atoms with E-state index >= 15 is 0 Å². The molecule has 0 atom stereocenters. The highest BCUT2D eigenvalue weighted by molar-refractivity contribution is 7.13. The summed E-state index contributed by atoms with van der Waals surface area (Å²) in [7, 11) is 0. The normalized spacial score (nSPS) is 16.0. The number of likely N-dealkylation sites (tertiary alicyclic amines) is 1. The zero-order valence-electron chi connectivity index (χ0n) is 10.4. The van der Waals surface area contributed by atoms with Crippen molar-refractivity contribution in [2.24, 2.45) is 0 Å². The summed E-state index contributed by atoms with van der Waals surface area (Å²) in [6.45, 7) is 4.74. The van der Waals surface area contributed by atoms with Crippen molar-refractivity contribution < 1.29 is 9.90 Å². The van der Waals surface area contributed by atoms with Gasteiger partial charge in [-0.25, -0.2) is 4.98 Å². The first-order chi connectivity index (χ1) is 8.75. The van der Waals surface area contributed by atoms with Gasteiger partial charge < -0.3 is 14.9 Å². The van der Waals surface area contributed by atoms with Crippen molar-refractivity contribution in [1.82, 2.24) is 9.88 Å². The van der Waals surface area contributed by atoms with Gasteiger partial charge in [0.15, 0.2) is 5.13 Å². The van der Waals surface area contributed by atoms with E-state index in [1.54, 1.807) is 17.5 Å². The Morgan fingerprint density at radius 1 is 1.44 bits per heavy atom. The SMILES string of the molecule is O=C(O)CCN(CCN1CCCC1)c1nccs1. The summed E-state index contributed by atoms with van der Waals surface area (Å²) < 4.78 is 0. The second kappa shape index (κ2) is 6.70. The van der Waals surface area contributed by atoms with Crippen LogP contribution in [0.1, 0.15) is 19.3 Å². The first kappa shape index (κ1) is 13.3. The van der Waals surface area contributed by atoms with Gasteiger partial charge >= 0.3 is 5.97 Å². The zero-order valence-corrected chi connectivity index (χ0v) is 11.2. The topological polar surface area (TPSA) is 56.7 Å². The van der Waals surface area contributed by atoms with Gasteiger partial charge in [-0.1, -0.05) is 0 Å². The second-order valence-electron chi connectivity index (χ2n) is 4.49. The van der Waals surface area contributed by atoms with Crippen LogP contribution in [0.3, 0.4) is 0 Å². The summed E-state index contributed by atoms with van der Waals surface area (Å²) in [6.07, 6.45) is 4.50. The van der Waals surface area contributed by atoms with Crippen LogP contribution in [0, 0.1) is 0 Å². The monoisotopic (exact) mass is 269 g/mol. The Morgan fingerprint density at radius 3 is 2.83 bits per heavy atom. The smallest absolute Gasteiger partial charge is 0.305 e. The summed E-state index contributed by atoms with van der Waals surface area (Å²) in [5.74, 6) is -0.752. The average molecular weight is 269 g/mol. The molecule has 18 heavy (non-hydrogen) atoms. The number of anilines is 1.